The van der Waals surface area contributed by atoms with E-state index in [4.69, 9.17) is 13.9 Å². The third-order valence-corrected chi connectivity index (χ3v) is 9.28. The summed E-state index contributed by atoms with van der Waals surface area (Å²) in [4.78, 5) is 12.1. The highest BCUT2D eigenvalue weighted by molar-refractivity contribution is 6.74. The molecule has 1 aliphatic rings. The van der Waals surface area contributed by atoms with Crippen molar-refractivity contribution in [2.45, 2.75) is 89.9 Å². The monoisotopic (exact) mass is 383 g/mol. The molecule has 1 aliphatic heterocycles. The Morgan fingerprint density at radius 2 is 1.85 bits per heavy atom. The molecular weight excluding hydrogens is 346 g/mol. The second kappa shape index (κ2) is 8.72. The second-order valence-corrected chi connectivity index (χ2v) is 14.2. The maximum Gasteiger partial charge on any atom is 0.408 e. The molecule has 1 heterocycles. The Balaban J connectivity index is 2.71. The molecule has 0 fully saturated rings. The minimum Gasteiger partial charge on any atom is -0.444 e. The molecule has 0 aromatic heterocycles. The third-order valence-electron chi connectivity index (χ3n) is 4.78. The topological polar surface area (TPSA) is 56.8 Å². The Morgan fingerprint density at radius 1 is 1.23 bits per heavy atom. The van der Waals surface area contributed by atoms with Crippen molar-refractivity contribution in [2.24, 2.45) is 0 Å². The molecule has 0 spiro atoms. The van der Waals surface area contributed by atoms with Crippen LogP contribution in [0.4, 0.5) is 4.79 Å². The first-order chi connectivity index (χ1) is 11.7. The number of amides is 1. The normalized spacial score (nSPS) is 24.2. The van der Waals surface area contributed by atoms with Gasteiger partial charge in [0.1, 0.15) is 5.60 Å². The number of ether oxygens (including phenoxy) is 2. The van der Waals surface area contributed by atoms with Crippen LogP contribution in [0.1, 0.15) is 48.0 Å². The maximum atomic E-state index is 12.1. The van der Waals surface area contributed by atoms with Crippen LogP contribution in [0.5, 0.6) is 0 Å². The number of alkyl carbamates (subject to hydrolysis) is 1. The fraction of sp³-hybridized carbons (Fsp3) is 0.750. The number of carbonyl (C=O) groups is 1. The van der Waals surface area contributed by atoms with E-state index in [0.717, 1.165) is 0 Å². The van der Waals surface area contributed by atoms with Crippen molar-refractivity contribution in [2.75, 3.05) is 6.61 Å². The summed E-state index contributed by atoms with van der Waals surface area (Å²) in [5, 5.41) is 3.03. The number of nitrogens with one attached hydrogen (secondary N) is 1. The van der Waals surface area contributed by atoms with Crippen LogP contribution in [0.25, 0.3) is 0 Å². The van der Waals surface area contributed by atoms with Crippen molar-refractivity contribution >= 4 is 14.4 Å². The highest BCUT2D eigenvalue weighted by Crippen LogP contribution is 2.36. The van der Waals surface area contributed by atoms with Gasteiger partial charge in [-0.25, -0.2) is 4.79 Å². The average molecular weight is 384 g/mol. The van der Waals surface area contributed by atoms with Crippen molar-refractivity contribution in [1.29, 1.82) is 0 Å². The molecule has 26 heavy (non-hydrogen) atoms. The van der Waals surface area contributed by atoms with Gasteiger partial charge in [-0.15, -0.1) is 6.58 Å². The third kappa shape index (κ3) is 7.25. The number of hydrogen-bond donors (Lipinski definition) is 1. The van der Waals surface area contributed by atoms with Crippen LogP contribution in [0, 0.1) is 0 Å². The van der Waals surface area contributed by atoms with Gasteiger partial charge in [-0.2, -0.15) is 0 Å². The summed E-state index contributed by atoms with van der Waals surface area (Å²) in [7, 11) is -1.82. The zero-order valence-corrected chi connectivity index (χ0v) is 18.7. The van der Waals surface area contributed by atoms with E-state index < -0.39 is 20.0 Å². The number of rotatable bonds is 6. The van der Waals surface area contributed by atoms with Gasteiger partial charge in [-0.3, -0.25) is 0 Å². The molecule has 1 amide bonds. The summed E-state index contributed by atoms with van der Waals surface area (Å²) in [6.45, 7) is 21.0. The fourth-order valence-corrected chi connectivity index (χ4v) is 3.29. The van der Waals surface area contributed by atoms with Crippen molar-refractivity contribution in [1.82, 2.24) is 5.32 Å². The number of hydrogen-bond acceptors (Lipinski definition) is 4. The molecule has 0 saturated carbocycles. The number of carbonyl (C=O) groups excluding carboxylic acids is 1. The first-order valence-corrected chi connectivity index (χ1v) is 12.2. The molecule has 0 unspecified atom stereocenters. The van der Waals surface area contributed by atoms with Crippen molar-refractivity contribution in [3.63, 3.8) is 0 Å². The van der Waals surface area contributed by atoms with E-state index in [1.54, 1.807) is 6.08 Å². The summed E-state index contributed by atoms with van der Waals surface area (Å²) in [6.07, 6.45) is 5.64. The summed E-state index contributed by atoms with van der Waals surface area (Å²) in [6, 6.07) is -0.244. The van der Waals surface area contributed by atoms with Gasteiger partial charge in [0.25, 0.3) is 0 Å². The van der Waals surface area contributed by atoms with E-state index in [1.165, 1.54) is 0 Å². The van der Waals surface area contributed by atoms with Gasteiger partial charge in [-0.05, 0) is 45.3 Å². The van der Waals surface area contributed by atoms with Gasteiger partial charge in [0.05, 0.1) is 24.9 Å². The zero-order chi connectivity index (χ0) is 20.2. The lowest BCUT2D eigenvalue weighted by Crippen LogP contribution is -2.49. The smallest absolute Gasteiger partial charge is 0.408 e. The molecule has 0 aliphatic carbocycles. The standard InChI is InChI=1S/C20H37NO4Si/c1-10-11-17-16(21-18(22)25-19(2,3)4)13-12-15(24-17)14-23-26(8,9)20(5,6)7/h10,12-13,15-17H,1,11,14H2,2-9H3,(H,21,22)/t15-,16-,17+/m0/s1. The molecule has 0 radical (unpaired) electrons. The summed E-state index contributed by atoms with van der Waals surface area (Å²) < 4.78 is 17.8. The lowest BCUT2D eigenvalue weighted by molar-refractivity contribution is -0.0312. The average Bonchev–Trinajstić information content (AvgIpc) is 2.44. The Kier molecular flexibility index (Phi) is 7.69. The first-order valence-electron chi connectivity index (χ1n) is 9.33. The predicted octanol–water partition coefficient (Wildman–Crippen LogP) is 4.80. The van der Waals surface area contributed by atoms with Gasteiger partial charge < -0.3 is 19.2 Å². The lowest BCUT2D eigenvalue weighted by atomic mass is 10.0. The summed E-state index contributed by atoms with van der Waals surface area (Å²) in [5.74, 6) is 0. The minimum atomic E-state index is -1.82. The fourth-order valence-electron chi connectivity index (χ4n) is 2.28. The molecule has 1 N–H and O–H groups in total. The minimum absolute atomic E-state index is 0.120. The molecule has 150 valence electrons. The van der Waals surface area contributed by atoms with E-state index in [-0.39, 0.29) is 23.3 Å². The van der Waals surface area contributed by atoms with Crippen LogP contribution in [-0.2, 0) is 13.9 Å². The molecule has 6 heteroatoms. The Labute approximate surface area is 160 Å². The molecule has 0 aromatic rings. The van der Waals surface area contributed by atoms with Crippen LogP contribution in [0.15, 0.2) is 24.8 Å². The largest absolute Gasteiger partial charge is 0.444 e. The first kappa shape index (κ1) is 22.9. The molecular formula is C20H37NO4Si. The molecule has 0 saturated heterocycles. The molecule has 0 bridgehead atoms. The van der Waals surface area contributed by atoms with E-state index >= 15 is 0 Å². The zero-order valence-electron chi connectivity index (χ0n) is 17.7. The molecule has 0 aromatic carbocycles. The summed E-state index contributed by atoms with van der Waals surface area (Å²) in [5.41, 5.74) is -0.531. The summed E-state index contributed by atoms with van der Waals surface area (Å²) >= 11 is 0. The highest BCUT2D eigenvalue weighted by atomic mass is 28.4. The maximum absolute atomic E-state index is 12.1. The van der Waals surface area contributed by atoms with Gasteiger partial charge >= 0.3 is 6.09 Å². The second-order valence-electron chi connectivity index (χ2n) is 9.37. The van der Waals surface area contributed by atoms with Crippen LogP contribution < -0.4 is 5.32 Å². The van der Waals surface area contributed by atoms with Gasteiger partial charge in [0.2, 0.25) is 0 Å². The van der Waals surface area contributed by atoms with Gasteiger partial charge in [0.15, 0.2) is 8.32 Å². The van der Waals surface area contributed by atoms with Crippen molar-refractivity contribution in [3.05, 3.63) is 24.8 Å². The molecule has 3 atom stereocenters. The van der Waals surface area contributed by atoms with Crippen LogP contribution in [0.2, 0.25) is 18.1 Å². The Morgan fingerprint density at radius 3 is 2.35 bits per heavy atom. The Bertz CT molecular complexity index is 517. The van der Waals surface area contributed by atoms with Crippen LogP contribution >= 0.6 is 0 Å². The Hall–Kier alpha value is -1.11. The molecule has 1 rings (SSSR count). The van der Waals surface area contributed by atoms with Crippen LogP contribution in [0.3, 0.4) is 0 Å². The quantitative estimate of drug-likeness (QED) is 0.529. The molecule has 5 nitrogen and oxygen atoms in total. The van der Waals surface area contributed by atoms with E-state index in [1.807, 2.05) is 32.9 Å². The van der Waals surface area contributed by atoms with Crippen molar-refractivity contribution < 1.29 is 18.7 Å². The lowest BCUT2D eigenvalue weighted by Gasteiger charge is -2.38. The van der Waals surface area contributed by atoms with Gasteiger partial charge in [-0.1, -0.05) is 39.0 Å². The van der Waals surface area contributed by atoms with E-state index in [0.29, 0.717) is 13.0 Å². The highest BCUT2D eigenvalue weighted by Gasteiger charge is 2.38. The van der Waals surface area contributed by atoms with E-state index in [2.05, 4.69) is 45.8 Å². The van der Waals surface area contributed by atoms with Crippen LogP contribution in [-0.4, -0.2) is 44.9 Å². The van der Waals surface area contributed by atoms with E-state index in [9.17, 15) is 4.79 Å². The van der Waals surface area contributed by atoms with Gasteiger partial charge in [0, 0.05) is 0 Å². The van der Waals surface area contributed by atoms with Crippen molar-refractivity contribution in [3.8, 4) is 0 Å². The SMILES string of the molecule is C=CC[C@H]1O[C@H](CO[Si](C)(C)C(C)(C)C)C=C[C@@H]1NC(=O)OC(C)(C)C. The predicted molar refractivity (Wildman–Crippen MR) is 109 cm³/mol.